The van der Waals surface area contributed by atoms with Gasteiger partial charge >= 0.3 is 5.97 Å². The highest BCUT2D eigenvalue weighted by molar-refractivity contribution is 5.72. The zero-order valence-electron chi connectivity index (χ0n) is 11.1. The van der Waals surface area contributed by atoms with E-state index in [9.17, 15) is 4.79 Å². The number of hydrogen-bond donors (Lipinski definition) is 0. The first-order chi connectivity index (χ1) is 8.25. The predicted molar refractivity (Wildman–Crippen MR) is 68.7 cm³/mol. The summed E-state index contributed by atoms with van der Waals surface area (Å²) in [5.41, 5.74) is 0. The Bertz CT molecular complexity index is 235. The zero-order chi connectivity index (χ0) is 12.1. The van der Waals surface area contributed by atoms with Crippen LogP contribution in [0.3, 0.4) is 0 Å². The van der Waals surface area contributed by atoms with Gasteiger partial charge in [0.05, 0.1) is 12.5 Å². The van der Waals surface area contributed by atoms with Crippen molar-refractivity contribution < 1.29 is 9.53 Å². The third-order valence-electron chi connectivity index (χ3n) is 4.54. The van der Waals surface area contributed by atoms with Gasteiger partial charge in [0.15, 0.2) is 0 Å². The molecule has 0 aliphatic heterocycles. The van der Waals surface area contributed by atoms with Gasteiger partial charge in [0.25, 0.3) is 0 Å². The molecule has 0 N–H and O–H groups in total. The molecule has 0 amide bonds. The molecule has 98 valence electrons. The van der Waals surface area contributed by atoms with Crippen LogP contribution in [0.25, 0.3) is 0 Å². The summed E-state index contributed by atoms with van der Waals surface area (Å²) in [5, 5.41) is 0. The quantitative estimate of drug-likeness (QED) is 0.696. The van der Waals surface area contributed by atoms with Crippen molar-refractivity contribution in [3.05, 3.63) is 0 Å². The Morgan fingerprint density at radius 3 is 2.29 bits per heavy atom. The average Bonchev–Trinajstić information content (AvgIpc) is 2.38. The maximum Gasteiger partial charge on any atom is 0.308 e. The van der Waals surface area contributed by atoms with Crippen LogP contribution >= 0.6 is 0 Å². The molecule has 0 bridgehead atoms. The van der Waals surface area contributed by atoms with Gasteiger partial charge in [0.2, 0.25) is 0 Å². The normalized spacial score (nSPS) is 31.1. The number of rotatable bonds is 3. The topological polar surface area (TPSA) is 26.3 Å². The van der Waals surface area contributed by atoms with E-state index in [1.807, 2.05) is 0 Å². The molecule has 17 heavy (non-hydrogen) atoms. The van der Waals surface area contributed by atoms with Gasteiger partial charge in [-0.15, -0.1) is 0 Å². The number of carbonyl (C=O) groups excluding carboxylic acids is 1. The summed E-state index contributed by atoms with van der Waals surface area (Å²) in [7, 11) is 0. The van der Waals surface area contributed by atoms with Gasteiger partial charge < -0.3 is 4.74 Å². The van der Waals surface area contributed by atoms with Crippen LogP contribution in [0, 0.1) is 17.8 Å². The average molecular weight is 238 g/mol. The minimum Gasteiger partial charge on any atom is -0.465 e. The Morgan fingerprint density at radius 1 is 1.00 bits per heavy atom. The smallest absolute Gasteiger partial charge is 0.308 e. The first kappa shape index (κ1) is 12.9. The molecular formula is C15H26O2. The minimum atomic E-state index is 0.0856. The summed E-state index contributed by atoms with van der Waals surface area (Å²) in [5.74, 6) is 1.74. The lowest BCUT2D eigenvalue weighted by Crippen LogP contribution is -2.25. The molecule has 0 heterocycles. The molecule has 2 aliphatic carbocycles. The monoisotopic (exact) mass is 238 g/mol. The van der Waals surface area contributed by atoms with Crippen molar-refractivity contribution in [2.75, 3.05) is 6.61 Å². The SMILES string of the molecule is CC1CCC(C(=O)OCC2CCCCC2)CC1. The molecule has 2 rings (SSSR count). The number of ether oxygens (including phenoxy) is 1. The highest BCUT2D eigenvalue weighted by Crippen LogP contribution is 2.30. The molecule has 2 aliphatic rings. The lowest BCUT2D eigenvalue weighted by molar-refractivity contribution is -0.151. The molecule has 2 heteroatoms. The molecule has 0 aromatic carbocycles. The molecule has 2 nitrogen and oxygen atoms in total. The van der Waals surface area contributed by atoms with Crippen molar-refractivity contribution in [2.24, 2.45) is 17.8 Å². The fourth-order valence-corrected chi connectivity index (χ4v) is 3.17. The molecule has 0 unspecified atom stereocenters. The van der Waals surface area contributed by atoms with Crippen molar-refractivity contribution in [1.82, 2.24) is 0 Å². The summed E-state index contributed by atoms with van der Waals surface area (Å²) in [4.78, 5) is 11.9. The summed E-state index contributed by atoms with van der Waals surface area (Å²) in [6, 6.07) is 0. The van der Waals surface area contributed by atoms with Crippen LogP contribution in [-0.4, -0.2) is 12.6 Å². The second-order valence-electron chi connectivity index (χ2n) is 6.09. The maximum atomic E-state index is 11.9. The second-order valence-corrected chi connectivity index (χ2v) is 6.09. The lowest BCUT2D eigenvalue weighted by Gasteiger charge is -2.26. The summed E-state index contributed by atoms with van der Waals surface area (Å²) in [6.07, 6.45) is 11.0. The van der Waals surface area contributed by atoms with Crippen LogP contribution in [-0.2, 0) is 9.53 Å². The summed E-state index contributed by atoms with van der Waals surface area (Å²) in [6.45, 7) is 2.97. The summed E-state index contributed by atoms with van der Waals surface area (Å²) >= 11 is 0. The van der Waals surface area contributed by atoms with E-state index in [1.54, 1.807) is 0 Å². The van der Waals surface area contributed by atoms with Crippen LogP contribution in [0.1, 0.15) is 64.7 Å². The van der Waals surface area contributed by atoms with E-state index in [1.165, 1.54) is 44.9 Å². The Kier molecular flexibility index (Phi) is 4.87. The standard InChI is InChI=1S/C15H26O2/c1-12-7-9-14(10-8-12)15(16)17-11-13-5-3-2-4-6-13/h12-14H,2-11H2,1H3. The largest absolute Gasteiger partial charge is 0.465 e. The van der Waals surface area contributed by atoms with Gasteiger partial charge in [0, 0.05) is 0 Å². The van der Waals surface area contributed by atoms with Gasteiger partial charge in [0.1, 0.15) is 0 Å². The number of hydrogen-bond acceptors (Lipinski definition) is 2. The molecule has 0 spiro atoms. The van der Waals surface area contributed by atoms with E-state index < -0.39 is 0 Å². The van der Waals surface area contributed by atoms with Gasteiger partial charge in [-0.2, -0.15) is 0 Å². The molecule has 2 saturated carbocycles. The van der Waals surface area contributed by atoms with Crippen LogP contribution in [0.4, 0.5) is 0 Å². The number of esters is 1. The van der Waals surface area contributed by atoms with E-state index >= 15 is 0 Å². The van der Waals surface area contributed by atoms with Crippen LogP contribution in [0.5, 0.6) is 0 Å². The van der Waals surface area contributed by atoms with Crippen molar-refractivity contribution >= 4 is 5.97 Å². The Morgan fingerprint density at radius 2 is 1.65 bits per heavy atom. The van der Waals surface area contributed by atoms with E-state index in [4.69, 9.17) is 4.74 Å². The highest BCUT2D eigenvalue weighted by atomic mass is 16.5. The molecule has 2 fully saturated rings. The first-order valence-corrected chi connectivity index (χ1v) is 7.42. The first-order valence-electron chi connectivity index (χ1n) is 7.42. The molecule has 0 saturated heterocycles. The van der Waals surface area contributed by atoms with Crippen LogP contribution in [0.15, 0.2) is 0 Å². The fourth-order valence-electron chi connectivity index (χ4n) is 3.17. The molecule has 0 radical (unpaired) electrons. The van der Waals surface area contributed by atoms with Gasteiger partial charge in [-0.25, -0.2) is 0 Å². The predicted octanol–water partition coefficient (Wildman–Crippen LogP) is 3.94. The third kappa shape index (κ3) is 4.01. The van der Waals surface area contributed by atoms with Crippen molar-refractivity contribution in [3.63, 3.8) is 0 Å². The van der Waals surface area contributed by atoms with Crippen molar-refractivity contribution in [3.8, 4) is 0 Å². The zero-order valence-corrected chi connectivity index (χ0v) is 11.1. The molecule has 0 aromatic heterocycles. The van der Waals surface area contributed by atoms with Crippen molar-refractivity contribution in [1.29, 1.82) is 0 Å². The maximum absolute atomic E-state index is 11.9. The van der Waals surface area contributed by atoms with Gasteiger partial charge in [-0.1, -0.05) is 26.2 Å². The highest BCUT2D eigenvalue weighted by Gasteiger charge is 2.26. The molecule has 0 aromatic rings. The lowest BCUT2D eigenvalue weighted by atomic mass is 9.83. The fraction of sp³-hybridized carbons (Fsp3) is 0.933. The molecular weight excluding hydrogens is 212 g/mol. The van der Waals surface area contributed by atoms with Gasteiger partial charge in [-0.3, -0.25) is 4.79 Å². The second kappa shape index (κ2) is 6.42. The summed E-state index contributed by atoms with van der Waals surface area (Å²) < 4.78 is 5.52. The number of carbonyl (C=O) groups is 1. The van der Waals surface area contributed by atoms with Gasteiger partial charge in [-0.05, 0) is 50.4 Å². The third-order valence-corrected chi connectivity index (χ3v) is 4.54. The Hall–Kier alpha value is -0.530. The van der Waals surface area contributed by atoms with E-state index in [-0.39, 0.29) is 11.9 Å². The minimum absolute atomic E-state index is 0.0856. The Balaban J connectivity index is 1.66. The van der Waals surface area contributed by atoms with Crippen LogP contribution in [0.2, 0.25) is 0 Å². The van der Waals surface area contributed by atoms with Crippen molar-refractivity contribution in [2.45, 2.75) is 64.7 Å². The van der Waals surface area contributed by atoms with Crippen LogP contribution < -0.4 is 0 Å². The van der Waals surface area contributed by atoms with E-state index in [2.05, 4.69) is 6.92 Å². The molecule has 0 atom stereocenters. The Labute approximate surface area is 105 Å². The van der Waals surface area contributed by atoms with E-state index in [0.29, 0.717) is 12.5 Å². The van der Waals surface area contributed by atoms with E-state index in [0.717, 1.165) is 18.8 Å².